The first-order valence-electron chi connectivity index (χ1n) is 6.09. The van der Waals surface area contributed by atoms with Gasteiger partial charge in [-0.25, -0.2) is 4.68 Å². The first-order valence-corrected chi connectivity index (χ1v) is 6.09. The molecule has 1 N–H and O–H groups in total. The fourth-order valence-corrected chi connectivity index (χ4v) is 2.18. The van der Waals surface area contributed by atoms with E-state index in [0.717, 1.165) is 24.1 Å². The molecule has 1 amide bonds. The zero-order chi connectivity index (χ0) is 12.4. The number of hydrogen-bond acceptors (Lipinski definition) is 3. The number of benzene rings is 1. The summed E-state index contributed by atoms with van der Waals surface area (Å²) in [6.07, 6.45) is 1.77. The second-order valence-electron chi connectivity index (χ2n) is 4.39. The molecule has 0 saturated carbocycles. The molecule has 1 aromatic carbocycles. The Kier molecular flexibility index (Phi) is 2.80. The minimum absolute atomic E-state index is 0.109. The smallest absolute Gasteiger partial charge is 0.273 e. The lowest BCUT2D eigenvalue weighted by Gasteiger charge is -2.05. The Hall–Kier alpha value is -2.17. The van der Waals surface area contributed by atoms with Gasteiger partial charge in [0, 0.05) is 6.54 Å². The molecule has 5 nitrogen and oxygen atoms in total. The first kappa shape index (κ1) is 11.0. The second kappa shape index (κ2) is 4.60. The van der Waals surface area contributed by atoms with Crippen molar-refractivity contribution in [1.29, 1.82) is 0 Å². The van der Waals surface area contributed by atoms with Crippen LogP contribution in [0.5, 0.6) is 0 Å². The highest BCUT2D eigenvalue weighted by Crippen LogP contribution is 2.13. The van der Waals surface area contributed by atoms with Crippen molar-refractivity contribution >= 4 is 5.91 Å². The van der Waals surface area contributed by atoms with Crippen molar-refractivity contribution in [3.05, 3.63) is 47.3 Å². The topological polar surface area (TPSA) is 59.8 Å². The number of amides is 1. The third kappa shape index (κ3) is 1.99. The Balaban J connectivity index is 1.92. The average molecular weight is 242 g/mol. The largest absolute Gasteiger partial charge is 0.351 e. The van der Waals surface area contributed by atoms with Gasteiger partial charge in [-0.3, -0.25) is 4.79 Å². The monoisotopic (exact) mass is 242 g/mol. The SMILES string of the molecule is O=C1NCCCc2c1nnn2Cc1ccccc1. The van der Waals surface area contributed by atoms with E-state index in [2.05, 4.69) is 15.6 Å². The summed E-state index contributed by atoms with van der Waals surface area (Å²) < 4.78 is 1.83. The number of carbonyl (C=O) groups excluding carboxylic acids is 1. The van der Waals surface area contributed by atoms with Gasteiger partial charge in [0.25, 0.3) is 5.91 Å². The van der Waals surface area contributed by atoms with E-state index in [9.17, 15) is 4.79 Å². The zero-order valence-corrected chi connectivity index (χ0v) is 9.97. The highest BCUT2D eigenvalue weighted by Gasteiger charge is 2.21. The number of hydrogen-bond donors (Lipinski definition) is 1. The molecular weight excluding hydrogens is 228 g/mol. The summed E-state index contributed by atoms with van der Waals surface area (Å²) in [4.78, 5) is 11.7. The maximum atomic E-state index is 11.7. The van der Waals surface area contributed by atoms with Crippen LogP contribution in [0.4, 0.5) is 0 Å². The van der Waals surface area contributed by atoms with Crippen molar-refractivity contribution in [3.63, 3.8) is 0 Å². The molecule has 0 atom stereocenters. The highest BCUT2D eigenvalue weighted by atomic mass is 16.2. The van der Waals surface area contributed by atoms with E-state index in [4.69, 9.17) is 0 Å². The molecule has 3 rings (SSSR count). The summed E-state index contributed by atoms with van der Waals surface area (Å²) in [5.74, 6) is -0.109. The first-order chi connectivity index (χ1) is 8.84. The summed E-state index contributed by atoms with van der Waals surface area (Å²) >= 11 is 0. The lowest BCUT2D eigenvalue weighted by molar-refractivity contribution is 0.0951. The van der Waals surface area contributed by atoms with Gasteiger partial charge in [-0.05, 0) is 18.4 Å². The van der Waals surface area contributed by atoms with Crippen LogP contribution in [0.1, 0.15) is 28.2 Å². The molecule has 0 fully saturated rings. The van der Waals surface area contributed by atoms with Crippen LogP contribution in [-0.2, 0) is 13.0 Å². The lowest BCUT2D eigenvalue weighted by Crippen LogP contribution is -2.23. The van der Waals surface area contributed by atoms with Crippen molar-refractivity contribution in [1.82, 2.24) is 20.3 Å². The van der Waals surface area contributed by atoms with Gasteiger partial charge in [0.2, 0.25) is 0 Å². The number of nitrogens with zero attached hydrogens (tertiary/aromatic N) is 3. The van der Waals surface area contributed by atoms with Crippen molar-refractivity contribution in [2.45, 2.75) is 19.4 Å². The molecule has 0 saturated heterocycles. The Labute approximate surface area is 105 Å². The summed E-state index contributed by atoms with van der Waals surface area (Å²) in [5.41, 5.74) is 2.58. The summed E-state index contributed by atoms with van der Waals surface area (Å²) in [5, 5.41) is 10.9. The molecule has 5 heteroatoms. The van der Waals surface area contributed by atoms with Gasteiger partial charge in [-0.1, -0.05) is 35.5 Å². The normalized spacial score (nSPS) is 14.8. The molecular formula is C13H14N4O. The van der Waals surface area contributed by atoms with Crippen molar-refractivity contribution < 1.29 is 4.79 Å². The molecule has 0 aliphatic carbocycles. The number of nitrogens with one attached hydrogen (secondary N) is 1. The van der Waals surface area contributed by atoms with E-state index in [-0.39, 0.29) is 5.91 Å². The average Bonchev–Trinajstić information content (AvgIpc) is 2.69. The number of carbonyl (C=O) groups is 1. The van der Waals surface area contributed by atoms with Gasteiger partial charge in [0.05, 0.1) is 12.2 Å². The molecule has 1 aliphatic rings. The maximum absolute atomic E-state index is 11.7. The number of rotatable bonds is 2. The molecule has 2 aromatic rings. The lowest BCUT2D eigenvalue weighted by atomic mass is 10.2. The standard InChI is InChI=1S/C13H14N4O/c18-13-12-11(7-4-8-14-13)17(16-15-12)9-10-5-2-1-3-6-10/h1-3,5-6H,4,7-9H2,(H,14,18). The van der Waals surface area contributed by atoms with E-state index >= 15 is 0 Å². The van der Waals surface area contributed by atoms with E-state index in [1.54, 1.807) is 0 Å². The van der Waals surface area contributed by atoms with Gasteiger partial charge >= 0.3 is 0 Å². The maximum Gasteiger partial charge on any atom is 0.273 e. The molecule has 1 aromatic heterocycles. The Morgan fingerprint density at radius 3 is 2.94 bits per heavy atom. The van der Waals surface area contributed by atoms with Crippen LogP contribution in [0.2, 0.25) is 0 Å². The molecule has 0 spiro atoms. The van der Waals surface area contributed by atoms with E-state index in [0.29, 0.717) is 18.8 Å². The minimum Gasteiger partial charge on any atom is -0.351 e. The van der Waals surface area contributed by atoms with Crippen LogP contribution < -0.4 is 5.32 Å². The van der Waals surface area contributed by atoms with E-state index in [1.807, 2.05) is 35.0 Å². The van der Waals surface area contributed by atoms with Crippen molar-refractivity contribution in [3.8, 4) is 0 Å². The number of fused-ring (bicyclic) bond motifs is 1. The van der Waals surface area contributed by atoms with Crippen molar-refractivity contribution in [2.75, 3.05) is 6.54 Å². The summed E-state index contributed by atoms with van der Waals surface area (Å²) in [6, 6.07) is 10.1. The molecule has 0 unspecified atom stereocenters. The Morgan fingerprint density at radius 1 is 1.28 bits per heavy atom. The van der Waals surface area contributed by atoms with Crippen LogP contribution in [0.25, 0.3) is 0 Å². The highest BCUT2D eigenvalue weighted by molar-refractivity contribution is 5.93. The van der Waals surface area contributed by atoms with E-state index in [1.165, 1.54) is 0 Å². The molecule has 2 heterocycles. The molecule has 0 bridgehead atoms. The van der Waals surface area contributed by atoms with Crippen LogP contribution in [-0.4, -0.2) is 27.4 Å². The van der Waals surface area contributed by atoms with Crippen LogP contribution in [0.15, 0.2) is 30.3 Å². The molecule has 0 radical (unpaired) electrons. The Bertz CT molecular complexity index is 562. The molecule has 1 aliphatic heterocycles. The van der Waals surface area contributed by atoms with Gasteiger partial charge in [0.15, 0.2) is 5.69 Å². The third-order valence-corrected chi connectivity index (χ3v) is 3.10. The fraction of sp³-hybridized carbons (Fsp3) is 0.308. The van der Waals surface area contributed by atoms with Crippen LogP contribution >= 0.6 is 0 Å². The van der Waals surface area contributed by atoms with Gasteiger partial charge < -0.3 is 5.32 Å². The van der Waals surface area contributed by atoms with Crippen LogP contribution in [0, 0.1) is 0 Å². The van der Waals surface area contributed by atoms with Crippen LogP contribution in [0.3, 0.4) is 0 Å². The van der Waals surface area contributed by atoms with Crippen molar-refractivity contribution in [2.24, 2.45) is 0 Å². The minimum atomic E-state index is -0.109. The van der Waals surface area contributed by atoms with E-state index < -0.39 is 0 Å². The summed E-state index contributed by atoms with van der Waals surface area (Å²) in [6.45, 7) is 1.37. The number of aromatic nitrogens is 3. The predicted octanol–water partition coefficient (Wildman–Crippen LogP) is 1.00. The van der Waals surface area contributed by atoms with Gasteiger partial charge in [-0.2, -0.15) is 0 Å². The van der Waals surface area contributed by atoms with Gasteiger partial charge in [-0.15, -0.1) is 5.10 Å². The Morgan fingerprint density at radius 2 is 2.11 bits per heavy atom. The quantitative estimate of drug-likeness (QED) is 0.854. The molecule has 18 heavy (non-hydrogen) atoms. The second-order valence-corrected chi connectivity index (χ2v) is 4.39. The summed E-state index contributed by atoms with van der Waals surface area (Å²) in [7, 11) is 0. The third-order valence-electron chi connectivity index (χ3n) is 3.10. The molecule has 92 valence electrons. The zero-order valence-electron chi connectivity index (χ0n) is 9.97. The fourth-order valence-electron chi connectivity index (χ4n) is 2.18. The predicted molar refractivity (Wildman–Crippen MR) is 66.2 cm³/mol. The van der Waals surface area contributed by atoms with Gasteiger partial charge in [0.1, 0.15) is 0 Å².